The van der Waals surface area contributed by atoms with E-state index >= 15 is 0 Å². The van der Waals surface area contributed by atoms with Gasteiger partial charge in [0.15, 0.2) is 0 Å². The van der Waals surface area contributed by atoms with Gasteiger partial charge in [0, 0.05) is 19.7 Å². The molecule has 0 amide bonds. The van der Waals surface area contributed by atoms with Crippen LogP contribution in [0.4, 0.5) is 0 Å². The number of hydrogen-bond acceptors (Lipinski definition) is 3. The SMILES string of the molecule is COC(C)(C)C[C@H](C)NCc1ccc2nc[nH]c2c1. The molecular weight excluding hydrogens is 238 g/mol. The van der Waals surface area contributed by atoms with Crippen LogP contribution in [0.5, 0.6) is 0 Å². The van der Waals surface area contributed by atoms with E-state index in [1.54, 1.807) is 13.4 Å². The summed E-state index contributed by atoms with van der Waals surface area (Å²) in [5.41, 5.74) is 3.28. The second-order valence-corrected chi connectivity index (χ2v) is 5.70. The molecule has 2 aromatic rings. The average Bonchev–Trinajstić information content (AvgIpc) is 2.83. The number of aromatic nitrogens is 2. The number of benzene rings is 1. The molecule has 0 aliphatic carbocycles. The maximum Gasteiger partial charge on any atom is 0.0931 e. The van der Waals surface area contributed by atoms with Crippen LogP contribution in [0.3, 0.4) is 0 Å². The normalized spacial score (nSPS) is 13.9. The number of nitrogens with zero attached hydrogens (tertiary/aromatic N) is 1. The van der Waals surface area contributed by atoms with Crippen molar-refractivity contribution in [3.05, 3.63) is 30.1 Å². The minimum absolute atomic E-state index is 0.0836. The summed E-state index contributed by atoms with van der Waals surface area (Å²) in [5.74, 6) is 0. The van der Waals surface area contributed by atoms with E-state index in [4.69, 9.17) is 4.74 Å². The smallest absolute Gasteiger partial charge is 0.0931 e. The van der Waals surface area contributed by atoms with Crippen molar-refractivity contribution < 1.29 is 4.74 Å². The lowest BCUT2D eigenvalue weighted by Gasteiger charge is -2.27. The topological polar surface area (TPSA) is 49.9 Å². The molecule has 2 rings (SSSR count). The first-order valence-corrected chi connectivity index (χ1v) is 6.71. The van der Waals surface area contributed by atoms with Crippen molar-refractivity contribution in [1.82, 2.24) is 15.3 Å². The zero-order valence-electron chi connectivity index (χ0n) is 12.2. The molecule has 1 aromatic heterocycles. The van der Waals surface area contributed by atoms with Crippen LogP contribution in [0, 0.1) is 0 Å². The number of nitrogens with one attached hydrogen (secondary N) is 2. The van der Waals surface area contributed by atoms with Crippen LogP contribution in [-0.4, -0.2) is 28.7 Å². The molecule has 0 saturated heterocycles. The summed E-state index contributed by atoms with van der Waals surface area (Å²) >= 11 is 0. The van der Waals surface area contributed by atoms with Gasteiger partial charge in [0.1, 0.15) is 0 Å². The summed E-state index contributed by atoms with van der Waals surface area (Å²) in [6.07, 6.45) is 2.71. The van der Waals surface area contributed by atoms with Gasteiger partial charge in [0.2, 0.25) is 0 Å². The summed E-state index contributed by atoms with van der Waals surface area (Å²) in [6.45, 7) is 7.27. The highest BCUT2D eigenvalue weighted by atomic mass is 16.5. The molecule has 19 heavy (non-hydrogen) atoms. The Morgan fingerprint density at radius 1 is 1.42 bits per heavy atom. The van der Waals surface area contributed by atoms with Gasteiger partial charge in [-0.3, -0.25) is 0 Å². The number of imidazole rings is 1. The number of H-pyrrole nitrogens is 1. The van der Waals surface area contributed by atoms with Crippen LogP contribution < -0.4 is 5.32 Å². The monoisotopic (exact) mass is 261 g/mol. The fraction of sp³-hybridized carbons (Fsp3) is 0.533. The highest BCUT2D eigenvalue weighted by Gasteiger charge is 2.19. The van der Waals surface area contributed by atoms with Crippen LogP contribution >= 0.6 is 0 Å². The second-order valence-electron chi connectivity index (χ2n) is 5.70. The molecule has 0 saturated carbocycles. The summed E-state index contributed by atoms with van der Waals surface area (Å²) in [6, 6.07) is 6.72. The largest absolute Gasteiger partial charge is 0.379 e. The molecule has 1 aromatic carbocycles. The van der Waals surface area contributed by atoms with Gasteiger partial charge in [-0.1, -0.05) is 6.07 Å². The Bertz CT molecular complexity index is 533. The molecule has 0 aliphatic heterocycles. The number of hydrogen-bond donors (Lipinski definition) is 2. The highest BCUT2D eigenvalue weighted by molar-refractivity contribution is 5.74. The number of rotatable bonds is 6. The fourth-order valence-electron chi connectivity index (χ4n) is 2.28. The van der Waals surface area contributed by atoms with E-state index in [1.165, 1.54) is 5.56 Å². The van der Waals surface area contributed by atoms with Crippen LogP contribution in [0.1, 0.15) is 32.8 Å². The Kier molecular flexibility index (Phi) is 4.22. The van der Waals surface area contributed by atoms with Crippen molar-refractivity contribution >= 4 is 11.0 Å². The molecule has 104 valence electrons. The van der Waals surface area contributed by atoms with E-state index in [1.807, 2.05) is 6.07 Å². The molecule has 0 radical (unpaired) electrons. The van der Waals surface area contributed by atoms with Gasteiger partial charge >= 0.3 is 0 Å². The molecule has 1 atom stereocenters. The van der Waals surface area contributed by atoms with Crippen molar-refractivity contribution in [2.24, 2.45) is 0 Å². The van der Waals surface area contributed by atoms with E-state index in [2.05, 4.69) is 48.2 Å². The van der Waals surface area contributed by atoms with Gasteiger partial charge in [-0.15, -0.1) is 0 Å². The van der Waals surface area contributed by atoms with Crippen LogP contribution in [-0.2, 0) is 11.3 Å². The Morgan fingerprint density at radius 3 is 2.95 bits per heavy atom. The molecule has 0 spiro atoms. The fourth-order valence-corrected chi connectivity index (χ4v) is 2.28. The Balaban J connectivity index is 1.91. The summed E-state index contributed by atoms with van der Waals surface area (Å²) in [7, 11) is 1.76. The zero-order valence-corrected chi connectivity index (χ0v) is 12.2. The zero-order chi connectivity index (χ0) is 13.9. The first-order chi connectivity index (χ1) is 9.00. The van der Waals surface area contributed by atoms with Gasteiger partial charge in [0.05, 0.1) is 23.0 Å². The van der Waals surface area contributed by atoms with E-state index in [9.17, 15) is 0 Å². The van der Waals surface area contributed by atoms with Gasteiger partial charge in [-0.2, -0.15) is 0 Å². The molecule has 4 heteroatoms. The average molecular weight is 261 g/mol. The predicted molar refractivity (Wildman–Crippen MR) is 78.1 cm³/mol. The maximum atomic E-state index is 5.45. The first kappa shape index (κ1) is 14.0. The van der Waals surface area contributed by atoms with E-state index in [0.717, 1.165) is 24.0 Å². The number of fused-ring (bicyclic) bond motifs is 1. The third-order valence-electron chi connectivity index (χ3n) is 3.49. The van der Waals surface area contributed by atoms with Crippen LogP contribution in [0.15, 0.2) is 24.5 Å². The lowest BCUT2D eigenvalue weighted by atomic mass is 9.99. The van der Waals surface area contributed by atoms with Crippen molar-refractivity contribution in [2.75, 3.05) is 7.11 Å². The number of aromatic amines is 1. The third-order valence-corrected chi connectivity index (χ3v) is 3.49. The number of methoxy groups -OCH3 is 1. The lowest BCUT2D eigenvalue weighted by Crippen LogP contribution is -2.35. The molecule has 0 bridgehead atoms. The van der Waals surface area contributed by atoms with E-state index in [0.29, 0.717) is 6.04 Å². The third kappa shape index (κ3) is 3.78. The Labute approximate surface area is 114 Å². The Morgan fingerprint density at radius 2 is 2.21 bits per heavy atom. The Hall–Kier alpha value is -1.39. The van der Waals surface area contributed by atoms with Gasteiger partial charge in [-0.25, -0.2) is 4.98 Å². The summed E-state index contributed by atoms with van der Waals surface area (Å²) in [5, 5.41) is 3.53. The quantitative estimate of drug-likeness (QED) is 0.840. The predicted octanol–water partition coefficient (Wildman–Crippen LogP) is 2.86. The lowest BCUT2D eigenvalue weighted by molar-refractivity contribution is 0.00844. The molecule has 1 heterocycles. The highest BCUT2D eigenvalue weighted by Crippen LogP contribution is 2.16. The van der Waals surface area contributed by atoms with Gasteiger partial charge in [-0.05, 0) is 44.9 Å². The van der Waals surface area contributed by atoms with E-state index in [-0.39, 0.29) is 5.60 Å². The molecule has 0 aliphatic rings. The maximum absolute atomic E-state index is 5.45. The van der Waals surface area contributed by atoms with Crippen molar-refractivity contribution in [3.63, 3.8) is 0 Å². The second kappa shape index (κ2) is 5.72. The first-order valence-electron chi connectivity index (χ1n) is 6.71. The summed E-state index contributed by atoms with van der Waals surface area (Å²) < 4.78 is 5.45. The minimum Gasteiger partial charge on any atom is -0.379 e. The summed E-state index contributed by atoms with van der Waals surface area (Å²) in [4.78, 5) is 7.36. The molecule has 0 fully saturated rings. The van der Waals surface area contributed by atoms with Crippen molar-refractivity contribution in [3.8, 4) is 0 Å². The van der Waals surface area contributed by atoms with Gasteiger partial charge in [0.25, 0.3) is 0 Å². The minimum atomic E-state index is -0.0836. The molecule has 4 nitrogen and oxygen atoms in total. The van der Waals surface area contributed by atoms with Crippen molar-refractivity contribution in [1.29, 1.82) is 0 Å². The molecule has 0 unspecified atom stereocenters. The molecule has 2 N–H and O–H groups in total. The number of ether oxygens (including phenoxy) is 1. The van der Waals surface area contributed by atoms with Gasteiger partial charge < -0.3 is 15.0 Å². The van der Waals surface area contributed by atoms with Crippen LogP contribution in [0.2, 0.25) is 0 Å². The van der Waals surface area contributed by atoms with E-state index < -0.39 is 0 Å². The van der Waals surface area contributed by atoms with Crippen molar-refractivity contribution in [2.45, 2.75) is 45.4 Å². The standard InChI is InChI=1S/C15H23N3O/c1-11(8-15(2,3)19-4)16-9-12-5-6-13-14(7-12)18-10-17-13/h5-7,10-11,16H,8-9H2,1-4H3,(H,17,18)/t11-/m0/s1. The van der Waals surface area contributed by atoms with Crippen LogP contribution in [0.25, 0.3) is 11.0 Å². The molecular formula is C15H23N3O.